The second-order valence-corrected chi connectivity index (χ2v) is 12.8. The molecule has 0 saturated carbocycles. The highest BCUT2D eigenvalue weighted by Crippen LogP contribution is 2.45. The summed E-state index contributed by atoms with van der Waals surface area (Å²) in [5, 5.41) is 3.55. The van der Waals surface area contributed by atoms with Crippen molar-refractivity contribution in [3.63, 3.8) is 0 Å². The Morgan fingerprint density at radius 3 is 1.40 bits per heavy atom. The maximum Gasteiger partial charge on any atom is 0.145 e. The molecule has 0 atom stereocenters. The van der Waals surface area contributed by atoms with Crippen molar-refractivity contribution in [2.24, 2.45) is 0 Å². The molecule has 0 radical (unpaired) electrons. The van der Waals surface area contributed by atoms with Crippen molar-refractivity contribution in [2.75, 3.05) is 0 Å². The van der Waals surface area contributed by atoms with Gasteiger partial charge in [-0.3, -0.25) is 4.57 Å². The van der Waals surface area contributed by atoms with E-state index in [4.69, 9.17) is 18.7 Å². The highest BCUT2D eigenvalue weighted by molar-refractivity contribution is 6.21. The van der Waals surface area contributed by atoms with Crippen molar-refractivity contribution in [1.29, 1.82) is 0 Å². The van der Waals surface area contributed by atoms with Gasteiger partial charge in [-0.05, 0) is 109 Å². The summed E-state index contributed by atoms with van der Waals surface area (Å²) in [4.78, 5) is 5.07. The number of aromatic nitrogens is 2. The first-order chi connectivity index (χ1) is 30.4. The number of fused-ring (bicyclic) bond motifs is 3. The SMILES string of the molecule is [2H]c1c([2H])c([2H])c(-c2cc(-c3c([2H])c([2H])c([2H])c([2H])c3[2H])cc(-c3c4ccccc4c(-c4ccc(-c5nc6ccccc6n5-c5ccccc5)cc4)c4ccccc34)c2)c([2H])c1[2H]. The van der Waals surface area contributed by atoms with Crippen molar-refractivity contribution in [3.05, 3.63) is 206 Å². The molecule has 2 nitrogen and oxygen atoms in total. The molecule has 0 aliphatic rings. The molecule has 248 valence electrons. The molecular weight excluding hydrogens is 641 g/mol. The maximum absolute atomic E-state index is 8.91. The zero-order valence-corrected chi connectivity index (χ0v) is 28.3. The Morgan fingerprint density at radius 2 is 0.830 bits per heavy atom. The van der Waals surface area contributed by atoms with Gasteiger partial charge in [0.25, 0.3) is 0 Å². The Morgan fingerprint density at radius 1 is 0.377 bits per heavy atom. The molecule has 0 bridgehead atoms. The Balaban J connectivity index is 1.22. The van der Waals surface area contributed by atoms with E-state index in [1.54, 1.807) is 12.1 Å². The van der Waals surface area contributed by atoms with Crippen LogP contribution in [0.4, 0.5) is 0 Å². The molecule has 0 aliphatic heterocycles. The van der Waals surface area contributed by atoms with Crippen molar-refractivity contribution in [2.45, 2.75) is 0 Å². The monoisotopic (exact) mass is 684 g/mol. The van der Waals surface area contributed by atoms with Gasteiger partial charge in [0.15, 0.2) is 0 Å². The summed E-state index contributed by atoms with van der Waals surface area (Å²) in [6.45, 7) is 0. The minimum Gasteiger partial charge on any atom is -0.292 e. The van der Waals surface area contributed by atoms with E-state index in [0.717, 1.165) is 66.3 Å². The predicted molar refractivity (Wildman–Crippen MR) is 223 cm³/mol. The minimum absolute atomic E-state index is 0.0671. The van der Waals surface area contributed by atoms with E-state index in [0.29, 0.717) is 5.56 Å². The van der Waals surface area contributed by atoms with Crippen molar-refractivity contribution < 1.29 is 13.7 Å². The molecule has 2 heteroatoms. The van der Waals surface area contributed by atoms with Crippen LogP contribution in [0.3, 0.4) is 0 Å². The van der Waals surface area contributed by atoms with E-state index in [1.807, 2.05) is 72.8 Å². The number of hydrogen-bond donors (Lipinski definition) is 0. The summed E-state index contributed by atoms with van der Waals surface area (Å²) in [6, 6.07) is 42.9. The van der Waals surface area contributed by atoms with Gasteiger partial charge >= 0.3 is 0 Å². The fraction of sp³-hybridized carbons (Fsp3) is 0. The quantitative estimate of drug-likeness (QED) is 0.159. The van der Waals surface area contributed by atoms with Gasteiger partial charge in [-0.2, -0.15) is 0 Å². The highest BCUT2D eigenvalue weighted by Gasteiger charge is 2.19. The number of para-hydroxylation sites is 3. The zero-order valence-electron chi connectivity index (χ0n) is 38.3. The van der Waals surface area contributed by atoms with Crippen LogP contribution in [0.2, 0.25) is 0 Å². The van der Waals surface area contributed by atoms with Crippen molar-refractivity contribution >= 4 is 32.6 Å². The van der Waals surface area contributed by atoms with E-state index in [1.165, 1.54) is 6.07 Å². The van der Waals surface area contributed by atoms with E-state index < -0.39 is 60.4 Å². The van der Waals surface area contributed by atoms with Crippen LogP contribution in [-0.4, -0.2) is 9.55 Å². The van der Waals surface area contributed by atoms with Crippen LogP contribution in [0.1, 0.15) is 13.7 Å². The Hall–Kier alpha value is -7.03. The molecule has 0 N–H and O–H groups in total. The van der Waals surface area contributed by atoms with Gasteiger partial charge in [-0.1, -0.05) is 164 Å². The molecule has 9 aromatic carbocycles. The number of imidazole rings is 1. The molecule has 0 amide bonds. The molecule has 1 aromatic heterocycles. The molecule has 53 heavy (non-hydrogen) atoms. The average Bonchev–Trinajstić information content (AvgIpc) is 3.71. The number of benzene rings is 9. The highest BCUT2D eigenvalue weighted by atomic mass is 15.1. The lowest BCUT2D eigenvalue weighted by Crippen LogP contribution is -1.97. The Kier molecular flexibility index (Phi) is 5.38. The number of rotatable bonds is 6. The number of hydrogen-bond acceptors (Lipinski definition) is 1. The van der Waals surface area contributed by atoms with Crippen LogP contribution in [-0.2, 0) is 0 Å². The molecule has 0 fully saturated rings. The van der Waals surface area contributed by atoms with E-state index in [-0.39, 0.29) is 22.3 Å². The standard InChI is InChI=1S/C51H34N2/c1-4-16-35(17-5-1)39-32-40(36-18-6-2-7-19-36)34-41(33-39)50-45-24-12-10-22-43(45)49(44-23-11-13-25-46(44)50)37-28-30-38(31-29-37)51-52-47-26-14-15-27-48(47)53(51)42-20-8-3-9-21-42/h1-34H/i1D,2D,4D,5D,6D,7D,16D,17D,18D,19D. The first-order valence-electron chi connectivity index (χ1n) is 22.3. The summed E-state index contributed by atoms with van der Waals surface area (Å²) in [5.41, 5.74) is 7.45. The van der Waals surface area contributed by atoms with Gasteiger partial charge < -0.3 is 0 Å². The summed E-state index contributed by atoms with van der Waals surface area (Å²) in [6.07, 6.45) is 0. The fourth-order valence-electron chi connectivity index (χ4n) is 7.44. The predicted octanol–water partition coefficient (Wildman–Crippen LogP) is 13.7. The smallest absolute Gasteiger partial charge is 0.145 e. The summed E-state index contributed by atoms with van der Waals surface area (Å²) < 4.78 is 88.3. The molecule has 1 heterocycles. The van der Waals surface area contributed by atoms with E-state index >= 15 is 0 Å². The Bertz CT molecular complexity index is 3310. The van der Waals surface area contributed by atoms with Crippen LogP contribution in [0.25, 0.3) is 94.2 Å². The lowest BCUT2D eigenvalue weighted by atomic mass is 9.84. The summed E-state index contributed by atoms with van der Waals surface area (Å²) >= 11 is 0. The first kappa shape index (κ1) is 22.0. The maximum atomic E-state index is 8.91. The number of nitrogens with zero attached hydrogens (tertiary/aromatic N) is 2. The third-order valence-electron chi connectivity index (χ3n) is 9.74. The first-order valence-corrected chi connectivity index (χ1v) is 17.3. The fourth-order valence-corrected chi connectivity index (χ4v) is 7.44. The van der Waals surface area contributed by atoms with Crippen molar-refractivity contribution in [3.8, 4) is 61.6 Å². The topological polar surface area (TPSA) is 17.8 Å². The lowest BCUT2D eigenvalue weighted by Gasteiger charge is -2.19. The molecule has 0 unspecified atom stereocenters. The second kappa shape index (κ2) is 12.9. The molecule has 0 saturated heterocycles. The normalized spacial score (nSPS) is 14.0. The molecular formula is C51H34N2. The van der Waals surface area contributed by atoms with Gasteiger partial charge in [-0.25, -0.2) is 4.98 Å². The third kappa shape index (κ3) is 5.40. The third-order valence-corrected chi connectivity index (χ3v) is 9.74. The summed E-state index contributed by atoms with van der Waals surface area (Å²) in [7, 11) is 0. The molecule has 0 aliphatic carbocycles. The van der Waals surface area contributed by atoms with Crippen LogP contribution in [0.5, 0.6) is 0 Å². The zero-order chi connectivity index (χ0) is 43.8. The van der Waals surface area contributed by atoms with E-state index in [2.05, 4.69) is 59.2 Å². The van der Waals surface area contributed by atoms with Crippen LogP contribution < -0.4 is 0 Å². The van der Waals surface area contributed by atoms with Gasteiger partial charge in [0, 0.05) is 11.3 Å². The molecule has 10 aromatic rings. The average molecular weight is 685 g/mol. The lowest BCUT2D eigenvalue weighted by molar-refractivity contribution is 1.10. The largest absolute Gasteiger partial charge is 0.292 e. The van der Waals surface area contributed by atoms with Crippen molar-refractivity contribution in [1.82, 2.24) is 9.55 Å². The second-order valence-electron chi connectivity index (χ2n) is 12.8. The minimum atomic E-state index is -0.536. The van der Waals surface area contributed by atoms with Gasteiger partial charge in [0.2, 0.25) is 0 Å². The Labute approximate surface area is 323 Å². The summed E-state index contributed by atoms with van der Waals surface area (Å²) in [5.74, 6) is 0.813. The van der Waals surface area contributed by atoms with Crippen LogP contribution in [0.15, 0.2) is 206 Å². The van der Waals surface area contributed by atoms with Crippen LogP contribution in [0, 0.1) is 0 Å². The van der Waals surface area contributed by atoms with Gasteiger partial charge in [0.05, 0.1) is 24.7 Å². The molecule has 0 spiro atoms. The van der Waals surface area contributed by atoms with Gasteiger partial charge in [0.1, 0.15) is 5.82 Å². The van der Waals surface area contributed by atoms with E-state index in [9.17, 15) is 0 Å². The molecule has 10 rings (SSSR count). The van der Waals surface area contributed by atoms with Crippen LogP contribution >= 0.6 is 0 Å². The van der Waals surface area contributed by atoms with Gasteiger partial charge in [-0.15, -0.1) is 0 Å².